The maximum Gasteiger partial charge on any atom is 0.0776 e. The van der Waals surface area contributed by atoms with Gasteiger partial charge in [0.05, 0.1) is 22.0 Å². The van der Waals surface area contributed by atoms with E-state index in [1.165, 1.54) is 20.6 Å². The zero-order valence-electron chi connectivity index (χ0n) is 4.45. The van der Waals surface area contributed by atoms with Crippen molar-refractivity contribution in [3.05, 3.63) is 0 Å². The largest absolute Gasteiger partial charge is 0.0881 e. The minimum Gasteiger partial charge on any atom is -0.0881 e. The molecule has 0 rings (SSSR count). The summed E-state index contributed by atoms with van der Waals surface area (Å²) in [6.45, 7) is 2.21. The van der Waals surface area contributed by atoms with Crippen molar-refractivity contribution in [1.29, 1.82) is 0 Å². The second-order valence-electron chi connectivity index (χ2n) is 1.35. The van der Waals surface area contributed by atoms with Gasteiger partial charge in [0.15, 0.2) is 0 Å². The van der Waals surface area contributed by atoms with Gasteiger partial charge in [-0.3, -0.25) is 0 Å². The molecule has 0 aromatic rings. The van der Waals surface area contributed by atoms with E-state index in [1.54, 1.807) is 0 Å². The van der Waals surface area contributed by atoms with E-state index in [2.05, 4.69) is 14.7 Å². The Hall–Kier alpha value is 0.844. The molecule has 6 heavy (non-hydrogen) atoms. The molecule has 0 N–H and O–H groups in total. The van der Waals surface area contributed by atoms with Gasteiger partial charge >= 0.3 is 0 Å². The topological polar surface area (TPSA) is 0 Å². The third-order valence-corrected chi connectivity index (χ3v) is 0.707. The Labute approximate surface area is 55.7 Å². The fraction of sp³-hybridized carbons (Fsp3) is 1.00. The summed E-state index contributed by atoms with van der Waals surface area (Å²) >= 11 is 0. The third kappa shape index (κ3) is 8.85. The van der Waals surface area contributed by atoms with Crippen molar-refractivity contribution in [2.75, 3.05) is 0 Å². The van der Waals surface area contributed by atoms with Crippen LogP contribution in [0.5, 0.6) is 0 Å². The fourth-order valence-electron chi connectivity index (χ4n) is 0.354. The van der Waals surface area contributed by atoms with E-state index in [0.717, 1.165) is 0 Å². The van der Waals surface area contributed by atoms with Crippen LogP contribution in [0.25, 0.3) is 0 Å². The van der Waals surface area contributed by atoms with Gasteiger partial charge < -0.3 is 0 Å². The molecule has 0 aromatic heterocycles. The summed E-state index contributed by atoms with van der Waals surface area (Å²) < 4.78 is 0. The molecule has 0 bridgehead atoms. The number of hydrogen-bond donors (Lipinski definition) is 0. The van der Waals surface area contributed by atoms with Crippen LogP contribution in [0.2, 0.25) is 6.32 Å². The maximum atomic E-state index is 2.21. The Balaban J connectivity index is 0. The molecule has 0 spiro atoms. The van der Waals surface area contributed by atoms with E-state index in [9.17, 15) is 0 Å². The van der Waals surface area contributed by atoms with Crippen LogP contribution >= 0.6 is 0 Å². The molecule has 35 valence electrons. The Morgan fingerprint density at radius 3 is 2.17 bits per heavy atom. The van der Waals surface area contributed by atoms with E-state index in [-0.39, 0.29) is 20.1 Å². The average molecular weight is 258 g/mol. The van der Waals surface area contributed by atoms with Gasteiger partial charge in [-0.2, -0.15) is 0 Å². The fourth-order valence-corrected chi connectivity index (χ4v) is 0.354. The van der Waals surface area contributed by atoms with Crippen LogP contribution in [0, 0.1) is 0 Å². The zero-order chi connectivity index (χ0) is 4.12. The van der Waals surface area contributed by atoms with Crippen molar-refractivity contribution >= 4 is 22.0 Å². The van der Waals surface area contributed by atoms with Crippen molar-refractivity contribution in [3.8, 4) is 0 Å². The van der Waals surface area contributed by atoms with Crippen LogP contribution < -0.4 is 0 Å². The minimum absolute atomic E-state index is 0. The second kappa shape index (κ2) is 9.28. The van der Waals surface area contributed by atoms with E-state index in [0.29, 0.717) is 0 Å². The van der Waals surface area contributed by atoms with Gasteiger partial charge in [-0.05, 0) is 0 Å². The SMILES string of the molecule is BBBCC.[Ir]. The average Bonchev–Trinajstić information content (AvgIpc) is 1.41. The summed E-state index contributed by atoms with van der Waals surface area (Å²) in [6.07, 6.45) is 1.34. The van der Waals surface area contributed by atoms with Crippen molar-refractivity contribution in [1.82, 2.24) is 0 Å². The molecule has 0 amide bonds. The molecule has 0 heterocycles. The molecule has 0 aromatic carbocycles. The van der Waals surface area contributed by atoms with Gasteiger partial charge in [-0.25, -0.2) is 0 Å². The predicted molar refractivity (Wildman–Crippen MR) is 33.3 cm³/mol. The summed E-state index contributed by atoms with van der Waals surface area (Å²) in [4.78, 5) is 0. The van der Waals surface area contributed by atoms with Crippen molar-refractivity contribution in [2.45, 2.75) is 13.2 Å². The molecule has 0 nitrogen and oxygen atoms in total. The molecule has 1 radical (unpaired) electrons. The molecular formula is C2H9B3Ir. The Morgan fingerprint density at radius 2 is 2.17 bits per heavy atom. The van der Waals surface area contributed by atoms with Gasteiger partial charge in [0.25, 0.3) is 0 Å². The molecule has 0 aliphatic heterocycles. The van der Waals surface area contributed by atoms with E-state index >= 15 is 0 Å². The molecule has 0 atom stereocenters. The van der Waals surface area contributed by atoms with Crippen molar-refractivity contribution in [2.24, 2.45) is 0 Å². The number of rotatable bonds is 2. The standard InChI is InChI=1S/C2H9B3.Ir/c1-2-4-5-3;/h4-5H,2-3H2,1H3;. The van der Waals surface area contributed by atoms with Gasteiger partial charge in [0, 0.05) is 20.1 Å². The summed E-state index contributed by atoms with van der Waals surface area (Å²) in [7, 11) is 4.94. The van der Waals surface area contributed by atoms with Crippen LogP contribution in [0.4, 0.5) is 0 Å². The predicted octanol–water partition coefficient (Wildman–Crippen LogP) is -1.24. The van der Waals surface area contributed by atoms with Gasteiger partial charge in [0.1, 0.15) is 0 Å². The van der Waals surface area contributed by atoms with Crippen LogP contribution in [0.15, 0.2) is 0 Å². The summed E-state index contributed by atoms with van der Waals surface area (Å²) in [5.41, 5.74) is 0. The molecule has 0 unspecified atom stereocenters. The molecular weight excluding hydrogens is 249 g/mol. The molecule has 0 aliphatic rings. The molecule has 0 aliphatic carbocycles. The van der Waals surface area contributed by atoms with Crippen LogP contribution in [-0.2, 0) is 20.1 Å². The van der Waals surface area contributed by atoms with E-state index in [4.69, 9.17) is 0 Å². The third-order valence-electron chi connectivity index (χ3n) is 0.707. The summed E-state index contributed by atoms with van der Waals surface area (Å²) in [5, 5.41) is 0. The Morgan fingerprint density at radius 1 is 1.67 bits per heavy atom. The summed E-state index contributed by atoms with van der Waals surface area (Å²) in [5.74, 6) is 0. The van der Waals surface area contributed by atoms with Crippen LogP contribution in [0.1, 0.15) is 6.92 Å². The second-order valence-corrected chi connectivity index (χ2v) is 1.35. The van der Waals surface area contributed by atoms with Crippen LogP contribution in [0.3, 0.4) is 0 Å². The molecule has 0 saturated carbocycles. The van der Waals surface area contributed by atoms with E-state index < -0.39 is 0 Å². The Kier molecular flexibility index (Phi) is 15.4. The molecule has 4 heteroatoms. The monoisotopic (exact) mass is 259 g/mol. The molecule has 0 saturated heterocycles. The zero-order valence-corrected chi connectivity index (χ0v) is 6.85. The molecule has 0 fully saturated rings. The van der Waals surface area contributed by atoms with Gasteiger partial charge in [-0.15, -0.1) is 0 Å². The normalized spacial score (nSPS) is 5.50. The smallest absolute Gasteiger partial charge is 0.0776 e. The van der Waals surface area contributed by atoms with Crippen LogP contribution in [-0.4, -0.2) is 22.0 Å². The number of hydrogen-bond acceptors (Lipinski definition) is 0. The van der Waals surface area contributed by atoms with E-state index in [1.807, 2.05) is 0 Å². The first kappa shape index (κ1) is 9.96. The Bertz CT molecular complexity index is 16.3. The quantitative estimate of drug-likeness (QED) is 0.543. The van der Waals surface area contributed by atoms with Gasteiger partial charge in [-0.1, -0.05) is 13.2 Å². The maximum absolute atomic E-state index is 2.21. The first-order valence-corrected chi connectivity index (χ1v) is 2.41. The minimum atomic E-state index is 0. The van der Waals surface area contributed by atoms with Gasteiger partial charge in [0.2, 0.25) is 0 Å². The first-order chi connectivity index (χ1) is 2.41. The summed E-state index contributed by atoms with van der Waals surface area (Å²) in [6, 6.07) is 0. The first-order valence-electron chi connectivity index (χ1n) is 2.41. The van der Waals surface area contributed by atoms with Crippen molar-refractivity contribution < 1.29 is 20.1 Å². The van der Waals surface area contributed by atoms with Crippen molar-refractivity contribution in [3.63, 3.8) is 0 Å².